The van der Waals surface area contributed by atoms with Gasteiger partial charge in [-0.15, -0.1) is 0 Å². The van der Waals surface area contributed by atoms with Crippen molar-refractivity contribution in [3.8, 4) is 0 Å². The number of para-hydroxylation sites is 1. The molecule has 0 saturated carbocycles. The molecule has 4 heteroatoms. The molecule has 0 amide bonds. The summed E-state index contributed by atoms with van der Waals surface area (Å²) in [5, 5.41) is 7.71. The molecule has 0 unspecified atom stereocenters. The summed E-state index contributed by atoms with van der Waals surface area (Å²) in [6, 6.07) is 18.4. The number of fused-ring (bicyclic) bond motifs is 2. The van der Waals surface area contributed by atoms with Gasteiger partial charge >= 0.3 is 0 Å². The van der Waals surface area contributed by atoms with Gasteiger partial charge in [-0.3, -0.25) is 4.79 Å². The van der Waals surface area contributed by atoms with Crippen LogP contribution in [0.25, 0.3) is 10.9 Å². The van der Waals surface area contributed by atoms with Gasteiger partial charge in [-0.25, -0.2) is 0 Å². The van der Waals surface area contributed by atoms with Gasteiger partial charge in [-0.05, 0) is 49.1 Å². The minimum absolute atomic E-state index is 0.0533. The number of H-pyrrole nitrogens is 1. The Bertz CT molecular complexity index is 932. The van der Waals surface area contributed by atoms with E-state index in [-0.39, 0.29) is 5.43 Å². The molecule has 29 heavy (non-hydrogen) atoms. The van der Waals surface area contributed by atoms with Crippen molar-refractivity contribution in [3.05, 3.63) is 75.9 Å². The van der Waals surface area contributed by atoms with Gasteiger partial charge in [-0.2, -0.15) is 0 Å². The zero-order valence-corrected chi connectivity index (χ0v) is 18.2. The molecule has 3 N–H and O–H groups in total. The summed E-state index contributed by atoms with van der Waals surface area (Å²) in [6.07, 6.45) is 3.36. The number of pyridine rings is 1. The quantitative estimate of drug-likeness (QED) is 0.474. The standard InChI is InChI=1S/C21H23N3O.2C2H6/c25-20-14-21(24-19-9-4-3-8-17(19)20)23-13-5-12-22-18-11-10-15-6-1-2-7-16(15)18;2*1-2/h1-4,6-9,14,18,22H,5,10-13H2,(H2,23,24,25);2*1-2H3/t18-;;/m1../s1. The van der Waals surface area contributed by atoms with E-state index >= 15 is 0 Å². The Kier molecular flexibility index (Phi) is 9.45. The average molecular weight is 394 g/mol. The fourth-order valence-corrected chi connectivity index (χ4v) is 3.65. The third-order valence-electron chi connectivity index (χ3n) is 4.93. The molecule has 0 spiro atoms. The minimum Gasteiger partial charge on any atom is -0.371 e. The number of hydrogen-bond acceptors (Lipinski definition) is 3. The van der Waals surface area contributed by atoms with Crippen LogP contribution in [0.4, 0.5) is 5.82 Å². The highest BCUT2D eigenvalue weighted by Crippen LogP contribution is 2.30. The summed E-state index contributed by atoms with van der Waals surface area (Å²) in [7, 11) is 0. The summed E-state index contributed by atoms with van der Waals surface area (Å²) in [4.78, 5) is 15.4. The molecule has 1 aromatic heterocycles. The number of hydrogen-bond donors (Lipinski definition) is 3. The highest BCUT2D eigenvalue weighted by molar-refractivity contribution is 5.79. The number of anilines is 1. The van der Waals surface area contributed by atoms with Gasteiger partial charge in [0.05, 0.1) is 5.52 Å². The van der Waals surface area contributed by atoms with E-state index in [0.717, 1.165) is 36.2 Å². The molecule has 0 radical (unpaired) electrons. The first-order valence-electron chi connectivity index (χ1n) is 11.0. The molecule has 156 valence electrons. The Hall–Kier alpha value is -2.59. The van der Waals surface area contributed by atoms with Gasteiger partial charge in [0.1, 0.15) is 5.82 Å². The highest BCUT2D eigenvalue weighted by Gasteiger charge is 2.20. The normalized spacial score (nSPS) is 14.3. The van der Waals surface area contributed by atoms with Crippen LogP contribution in [0.1, 0.15) is 57.7 Å². The lowest BCUT2D eigenvalue weighted by atomic mass is 10.1. The van der Waals surface area contributed by atoms with E-state index in [1.54, 1.807) is 6.07 Å². The molecule has 3 aromatic rings. The smallest absolute Gasteiger partial charge is 0.191 e. The lowest BCUT2D eigenvalue weighted by molar-refractivity contribution is 0.525. The van der Waals surface area contributed by atoms with Crippen LogP contribution in [0.5, 0.6) is 0 Å². The molecule has 0 saturated heterocycles. The van der Waals surface area contributed by atoms with Crippen LogP contribution in [-0.4, -0.2) is 18.1 Å². The van der Waals surface area contributed by atoms with Crippen molar-refractivity contribution in [1.29, 1.82) is 0 Å². The first-order valence-corrected chi connectivity index (χ1v) is 11.0. The van der Waals surface area contributed by atoms with Crippen molar-refractivity contribution in [2.24, 2.45) is 0 Å². The van der Waals surface area contributed by atoms with E-state index in [1.807, 2.05) is 52.0 Å². The number of benzene rings is 2. The second kappa shape index (κ2) is 12.1. The maximum Gasteiger partial charge on any atom is 0.191 e. The van der Waals surface area contributed by atoms with Crippen LogP contribution in [0.15, 0.2) is 59.4 Å². The zero-order valence-electron chi connectivity index (χ0n) is 18.2. The fraction of sp³-hybridized carbons (Fsp3) is 0.400. The van der Waals surface area contributed by atoms with Crippen LogP contribution in [0, 0.1) is 0 Å². The molecular weight excluding hydrogens is 358 g/mol. The molecular formula is C25H35N3O. The van der Waals surface area contributed by atoms with E-state index in [2.05, 4.69) is 39.9 Å². The van der Waals surface area contributed by atoms with Gasteiger partial charge < -0.3 is 15.6 Å². The van der Waals surface area contributed by atoms with Crippen molar-refractivity contribution in [1.82, 2.24) is 10.3 Å². The molecule has 1 heterocycles. The van der Waals surface area contributed by atoms with Crippen LogP contribution in [0.2, 0.25) is 0 Å². The van der Waals surface area contributed by atoms with Crippen LogP contribution in [0.3, 0.4) is 0 Å². The van der Waals surface area contributed by atoms with E-state index in [9.17, 15) is 4.79 Å². The third kappa shape index (κ3) is 5.94. The lowest BCUT2D eigenvalue weighted by Crippen LogP contribution is -2.22. The number of nitrogens with one attached hydrogen (secondary N) is 3. The molecule has 0 bridgehead atoms. The molecule has 1 aliphatic carbocycles. The lowest BCUT2D eigenvalue weighted by Gasteiger charge is -2.14. The van der Waals surface area contributed by atoms with E-state index in [4.69, 9.17) is 0 Å². The summed E-state index contributed by atoms with van der Waals surface area (Å²) in [5.41, 5.74) is 3.86. The fourth-order valence-electron chi connectivity index (χ4n) is 3.65. The molecule has 0 aliphatic heterocycles. The molecule has 4 rings (SSSR count). The van der Waals surface area contributed by atoms with E-state index in [1.165, 1.54) is 24.0 Å². The molecule has 1 atom stereocenters. The molecule has 0 fully saturated rings. The number of aryl methyl sites for hydroxylation is 1. The first-order chi connectivity index (χ1) is 14.3. The van der Waals surface area contributed by atoms with Gasteiger partial charge in [0.25, 0.3) is 0 Å². The molecule has 2 aromatic carbocycles. The predicted molar refractivity (Wildman–Crippen MR) is 126 cm³/mol. The van der Waals surface area contributed by atoms with Gasteiger partial charge in [0.2, 0.25) is 0 Å². The summed E-state index contributed by atoms with van der Waals surface area (Å²) in [5.74, 6) is 0.787. The second-order valence-corrected chi connectivity index (χ2v) is 6.62. The van der Waals surface area contributed by atoms with Crippen LogP contribution in [-0.2, 0) is 6.42 Å². The maximum absolute atomic E-state index is 12.1. The molecule has 4 nitrogen and oxygen atoms in total. The minimum atomic E-state index is 0.0533. The molecule has 1 aliphatic rings. The Morgan fingerprint density at radius 1 is 0.966 bits per heavy atom. The van der Waals surface area contributed by atoms with Crippen molar-refractivity contribution in [2.45, 2.75) is 53.0 Å². The number of aromatic amines is 1. The van der Waals surface area contributed by atoms with Gasteiger partial charge in [0.15, 0.2) is 5.43 Å². The van der Waals surface area contributed by atoms with Crippen molar-refractivity contribution >= 4 is 16.7 Å². The highest BCUT2D eigenvalue weighted by atomic mass is 16.1. The third-order valence-corrected chi connectivity index (χ3v) is 4.93. The Morgan fingerprint density at radius 2 is 1.69 bits per heavy atom. The van der Waals surface area contributed by atoms with Crippen molar-refractivity contribution < 1.29 is 0 Å². The second-order valence-electron chi connectivity index (χ2n) is 6.62. The Balaban J connectivity index is 0.000000707. The Labute approximate surface area is 174 Å². The largest absolute Gasteiger partial charge is 0.371 e. The average Bonchev–Trinajstić information content (AvgIpc) is 3.20. The zero-order chi connectivity index (χ0) is 21.1. The van der Waals surface area contributed by atoms with Gasteiger partial charge in [-0.1, -0.05) is 64.1 Å². The van der Waals surface area contributed by atoms with Crippen LogP contribution < -0.4 is 16.1 Å². The van der Waals surface area contributed by atoms with Gasteiger partial charge in [0, 0.05) is 24.0 Å². The van der Waals surface area contributed by atoms with Crippen molar-refractivity contribution in [2.75, 3.05) is 18.4 Å². The van der Waals surface area contributed by atoms with E-state index < -0.39 is 0 Å². The first kappa shape index (κ1) is 22.7. The van der Waals surface area contributed by atoms with Crippen LogP contribution >= 0.6 is 0 Å². The topological polar surface area (TPSA) is 56.9 Å². The predicted octanol–water partition coefficient (Wildman–Crippen LogP) is 5.66. The summed E-state index contributed by atoms with van der Waals surface area (Å²) < 4.78 is 0. The monoisotopic (exact) mass is 393 g/mol. The van der Waals surface area contributed by atoms with Crippen molar-refractivity contribution in [3.63, 3.8) is 0 Å². The summed E-state index contributed by atoms with van der Waals surface area (Å²) >= 11 is 0. The number of aromatic nitrogens is 1. The number of rotatable bonds is 6. The Morgan fingerprint density at radius 3 is 2.52 bits per heavy atom. The maximum atomic E-state index is 12.1. The SMILES string of the molecule is CC.CC.O=c1cc(NCCCN[C@@H]2CCc3ccccc32)[nH]c2ccccc12. The summed E-state index contributed by atoms with van der Waals surface area (Å²) in [6.45, 7) is 9.79. The van der Waals surface area contributed by atoms with E-state index in [0.29, 0.717) is 6.04 Å².